The van der Waals surface area contributed by atoms with Crippen molar-refractivity contribution < 1.29 is 5.11 Å². The molecule has 1 atom stereocenters. The van der Waals surface area contributed by atoms with Crippen LogP contribution in [0, 0.1) is 6.92 Å². The third kappa shape index (κ3) is 3.27. The van der Waals surface area contributed by atoms with Crippen molar-refractivity contribution in [3.8, 4) is 0 Å². The molecule has 1 aliphatic rings. The van der Waals surface area contributed by atoms with Gasteiger partial charge in [-0.25, -0.2) is 4.98 Å². The summed E-state index contributed by atoms with van der Waals surface area (Å²) < 4.78 is 2.09. The molecule has 2 aromatic heterocycles. The number of rotatable bonds is 5. The first-order chi connectivity index (χ1) is 9.70. The number of thiazole rings is 1. The lowest BCUT2D eigenvalue weighted by Gasteiger charge is -2.10. The standard InChI is InChI=1S/C15H21N3OS/c1-11-10-20-15(16-11)9-14(19)8-12-6-7-18(17-12)13-4-2-3-5-13/h6-7,10,13-14,19H,2-5,8-9H2,1H3. The van der Waals surface area contributed by atoms with Crippen LogP contribution in [0.2, 0.25) is 0 Å². The molecule has 0 amide bonds. The van der Waals surface area contributed by atoms with Crippen LogP contribution in [0.4, 0.5) is 0 Å². The lowest BCUT2D eigenvalue weighted by Crippen LogP contribution is -2.15. The first kappa shape index (κ1) is 13.8. The van der Waals surface area contributed by atoms with Crippen molar-refractivity contribution in [3.63, 3.8) is 0 Å². The van der Waals surface area contributed by atoms with E-state index in [4.69, 9.17) is 0 Å². The molecule has 108 valence electrons. The van der Waals surface area contributed by atoms with Crippen LogP contribution >= 0.6 is 11.3 Å². The van der Waals surface area contributed by atoms with Crippen molar-refractivity contribution in [1.82, 2.24) is 14.8 Å². The molecule has 2 heterocycles. The van der Waals surface area contributed by atoms with Crippen molar-refractivity contribution in [1.29, 1.82) is 0 Å². The highest BCUT2D eigenvalue weighted by molar-refractivity contribution is 7.09. The van der Waals surface area contributed by atoms with Crippen LogP contribution in [-0.4, -0.2) is 26.0 Å². The van der Waals surface area contributed by atoms with Crippen LogP contribution in [-0.2, 0) is 12.8 Å². The molecule has 3 rings (SSSR count). The monoisotopic (exact) mass is 291 g/mol. The molecule has 20 heavy (non-hydrogen) atoms. The Labute approximate surface area is 123 Å². The topological polar surface area (TPSA) is 50.9 Å². The minimum absolute atomic E-state index is 0.396. The van der Waals surface area contributed by atoms with Crippen LogP contribution in [0.1, 0.15) is 48.1 Å². The molecule has 1 saturated carbocycles. The van der Waals surface area contributed by atoms with Gasteiger partial charge in [-0.05, 0) is 25.8 Å². The number of aromatic nitrogens is 3. The Bertz CT molecular complexity index is 557. The first-order valence-corrected chi connectivity index (χ1v) is 8.22. The highest BCUT2D eigenvalue weighted by Gasteiger charge is 2.18. The van der Waals surface area contributed by atoms with Crippen molar-refractivity contribution >= 4 is 11.3 Å². The molecule has 4 nitrogen and oxygen atoms in total. The largest absolute Gasteiger partial charge is 0.392 e. The lowest BCUT2D eigenvalue weighted by molar-refractivity contribution is 0.173. The van der Waals surface area contributed by atoms with Gasteiger partial charge >= 0.3 is 0 Å². The number of aryl methyl sites for hydroxylation is 1. The molecule has 1 unspecified atom stereocenters. The Balaban J connectivity index is 1.57. The van der Waals surface area contributed by atoms with Gasteiger partial charge in [-0.1, -0.05) is 12.8 Å². The smallest absolute Gasteiger partial charge is 0.0954 e. The summed E-state index contributed by atoms with van der Waals surface area (Å²) >= 11 is 1.62. The van der Waals surface area contributed by atoms with Gasteiger partial charge < -0.3 is 5.11 Å². The summed E-state index contributed by atoms with van der Waals surface area (Å²) in [6.45, 7) is 1.98. The van der Waals surface area contributed by atoms with Crippen molar-refractivity contribution in [3.05, 3.63) is 34.0 Å². The van der Waals surface area contributed by atoms with Gasteiger partial charge in [-0.15, -0.1) is 11.3 Å². The number of hydrogen-bond donors (Lipinski definition) is 1. The van der Waals surface area contributed by atoms with Crippen molar-refractivity contribution in [2.24, 2.45) is 0 Å². The fourth-order valence-electron chi connectivity index (χ4n) is 2.87. The zero-order valence-electron chi connectivity index (χ0n) is 11.8. The summed E-state index contributed by atoms with van der Waals surface area (Å²) in [5, 5.41) is 17.8. The third-order valence-corrected chi connectivity index (χ3v) is 4.87. The Morgan fingerprint density at radius 1 is 1.40 bits per heavy atom. The molecular weight excluding hydrogens is 270 g/mol. The van der Waals surface area contributed by atoms with Gasteiger partial charge in [-0.3, -0.25) is 4.68 Å². The van der Waals surface area contributed by atoms with Crippen LogP contribution in [0.5, 0.6) is 0 Å². The molecule has 0 saturated heterocycles. The van der Waals surface area contributed by atoms with E-state index < -0.39 is 6.10 Å². The van der Waals surface area contributed by atoms with Gasteiger partial charge in [0, 0.05) is 30.1 Å². The van der Waals surface area contributed by atoms with E-state index in [1.54, 1.807) is 11.3 Å². The average molecular weight is 291 g/mol. The maximum absolute atomic E-state index is 10.2. The summed E-state index contributed by atoms with van der Waals surface area (Å²) in [6, 6.07) is 2.61. The Kier molecular flexibility index (Phi) is 4.17. The van der Waals surface area contributed by atoms with Gasteiger partial charge in [0.15, 0.2) is 0 Å². The highest BCUT2D eigenvalue weighted by atomic mass is 32.1. The minimum atomic E-state index is -0.396. The van der Waals surface area contributed by atoms with Gasteiger partial charge in [0.1, 0.15) is 0 Å². The van der Waals surface area contributed by atoms with E-state index in [0.29, 0.717) is 18.9 Å². The Hall–Kier alpha value is -1.20. The van der Waals surface area contributed by atoms with Gasteiger partial charge in [0.05, 0.1) is 22.8 Å². The lowest BCUT2D eigenvalue weighted by atomic mass is 10.1. The SMILES string of the molecule is Cc1csc(CC(O)Cc2ccn(C3CCCC3)n2)n1. The van der Waals surface area contributed by atoms with Gasteiger partial charge in [0.25, 0.3) is 0 Å². The Morgan fingerprint density at radius 3 is 2.90 bits per heavy atom. The van der Waals surface area contributed by atoms with Gasteiger partial charge in [-0.2, -0.15) is 5.10 Å². The molecule has 5 heteroatoms. The minimum Gasteiger partial charge on any atom is -0.392 e. The normalized spacial score (nSPS) is 17.7. The van der Waals surface area contributed by atoms with E-state index in [9.17, 15) is 5.11 Å². The Morgan fingerprint density at radius 2 is 2.20 bits per heavy atom. The quantitative estimate of drug-likeness (QED) is 0.921. The summed E-state index contributed by atoms with van der Waals surface area (Å²) in [5.41, 5.74) is 2.01. The molecule has 2 aromatic rings. The molecular formula is C15H21N3OS. The maximum Gasteiger partial charge on any atom is 0.0954 e. The van der Waals surface area contributed by atoms with Gasteiger partial charge in [0.2, 0.25) is 0 Å². The molecule has 1 fully saturated rings. The van der Waals surface area contributed by atoms with E-state index in [1.807, 2.05) is 18.4 Å². The zero-order valence-corrected chi connectivity index (χ0v) is 12.6. The molecule has 0 aromatic carbocycles. The fraction of sp³-hybridized carbons (Fsp3) is 0.600. The first-order valence-electron chi connectivity index (χ1n) is 7.34. The van der Waals surface area contributed by atoms with E-state index in [-0.39, 0.29) is 0 Å². The summed E-state index contributed by atoms with van der Waals surface area (Å²) in [4.78, 5) is 4.39. The average Bonchev–Trinajstić information content (AvgIpc) is 3.10. The molecule has 0 aliphatic heterocycles. The predicted octanol–water partition coefficient (Wildman–Crippen LogP) is 2.91. The number of aliphatic hydroxyl groups is 1. The molecule has 0 radical (unpaired) electrons. The van der Waals surface area contributed by atoms with Crippen LogP contribution in [0.25, 0.3) is 0 Å². The van der Waals surface area contributed by atoms with Crippen molar-refractivity contribution in [2.45, 2.75) is 57.6 Å². The maximum atomic E-state index is 10.2. The molecule has 0 bridgehead atoms. The summed E-state index contributed by atoms with van der Waals surface area (Å²) in [7, 11) is 0. The van der Waals surface area contributed by atoms with Crippen LogP contribution in [0.3, 0.4) is 0 Å². The van der Waals surface area contributed by atoms with E-state index in [0.717, 1.165) is 16.4 Å². The van der Waals surface area contributed by atoms with E-state index in [2.05, 4.69) is 21.0 Å². The molecule has 1 N–H and O–H groups in total. The summed E-state index contributed by atoms with van der Waals surface area (Å²) in [5.74, 6) is 0. The second-order valence-electron chi connectivity index (χ2n) is 5.67. The second kappa shape index (κ2) is 6.06. The van der Waals surface area contributed by atoms with E-state index >= 15 is 0 Å². The fourth-order valence-corrected chi connectivity index (χ4v) is 3.71. The molecule has 1 aliphatic carbocycles. The molecule has 0 spiro atoms. The third-order valence-electron chi connectivity index (χ3n) is 3.88. The van der Waals surface area contributed by atoms with Crippen molar-refractivity contribution in [2.75, 3.05) is 0 Å². The zero-order chi connectivity index (χ0) is 13.9. The second-order valence-corrected chi connectivity index (χ2v) is 6.61. The number of aliphatic hydroxyl groups excluding tert-OH is 1. The summed E-state index contributed by atoms with van der Waals surface area (Å²) in [6.07, 6.45) is 7.99. The van der Waals surface area contributed by atoms with Crippen LogP contribution < -0.4 is 0 Å². The predicted molar refractivity (Wildman–Crippen MR) is 80.0 cm³/mol. The number of nitrogens with zero attached hydrogens (tertiary/aromatic N) is 3. The van der Waals surface area contributed by atoms with E-state index in [1.165, 1.54) is 25.7 Å². The highest BCUT2D eigenvalue weighted by Crippen LogP contribution is 2.28. The number of hydrogen-bond acceptors (Lipinski definition) is 4. The van der Waals surface area contributed by atoms with Crippen LogP contribution in [0.15, 0.2) is 17.6 Å².